The van der Waals surface area contributed by atoms with Crippen LogP contribution in [0.15, 0.2) is 48.5 Å². The van der Waals surface area contributed by atoms with Crippen molar-refractivity contribution in [3.63, 3.8) is 0 Å². The lowest BCUT2D eigenvalue weighted by atomic mass is 10.0. The number of esters is 1. The van der Waals surface area contributed by atoms with Gasteiger partial charge in [-0.1, -0.05) is 49.4 Å². The van der Waals surface area contributed by atoms with Crippen molar-refractivity contribution >= 4 is 18.4 Å². The standard InChI is InChI=1S/C21H27NO3.ClH/c1-5-18(22)16-12-9-13-17(20(23)25-21(2,3)4)19(16)24-14-15-10-7-6-8-11-15;/h6-13,18H,5,14,22H2,1-4H3;1H. The Kier molecular flexibility index (Phi) is 8.12. The monoisotopic (exact) mass is 377 g/mol. The fraction of sp³-hybridized carbons (Fsp3) is 0.381. The van der Waals surface area contributed by atoms with E-state index in [9.17, 15) is 4.79 Å². The topological polar surface area (TPSA) is 61.6 Å². The molecule has 0 heterocycles. The molecule has 0 spiro atoms. The summed E-state index contributed by atoms with van der Waals surface area (Å²) in [5.74, 6) is 0.107. The number of hydrogen-bond acceptors (Lipinski definition) is 4. The number of carbonyl (C=O) groups excluding carboxylic acids is 1. The lowest BCUT2D eigenvalue weighted by Crippen LogP contribution is -2.24. The van der Waals surface area contributed by atoms with E-state index in [2.05, 4.69) is 0 Å². The van der Waals surface area contributed by atoms with Gasteiger partial charge >= 0.3 is 5.97 Å². The van der Waals surface area contributed by atoms with Crippen LogP contribution in [0.4, 0.5) is 0 Å². The Bertz CT molecular complexity index is 711. The van der Waals surface area contributed by atoms with E-state index in [1.807, 2.05) is 70.2 Å². The maximum atomic E-state index is 12.6. The summed E-state index contributed by atoms with van der Waals surface area (Å²) >= 11 is 0. The van der Waals surface area contributed by atoms with Crippen molar-refractivity contribution in [2.75, 3.05) is 0 Å². The number of halogens is 1. The predicted octanol–water partition coefficient (Wildman–Crippen LogP) is 5.05. The molecular weight excluding hydrogens is 350 g/mol. The van der Waals surface area contributed by atoms with Crippen LogP contribution >= 0.6 is 12.4 Å². The summed E-state index contributed by atoms with van der Waals surface area (Å²) in [7, 11) is 0. The molecule has 0 amide bonds. The molecule has 2 aromatic carbocycles. The summed E-state index contributed by atoms with van der Waals surface area (Å²) < 4.78 is 11.6. The summed E-state index contributed by atoms with van der Waals surface area (Å²) in [5.41, 5.74) is 7.91. The average Bonchev–Trinajstić information content (AvgIpc) is 2.58. The lowest BCUT2D eigenvalue weighted by Gasteiger charge is -2.22. The smallest absolute Gasteiger partial charge is 0.342 e. The summed E-state index contributed by atoms with van der Waals surface area (Å²) in [5, 5.41) is 0. The minimum absolute atomic E-state index is 0. The molecule has 0 aliphatic rings. The molecule has 1 atom stereocenters. The van der Waals surface area contributed by atoms with Gasteiger partial charge in [0.2, 0.25) is 0 Å². The summed E-state index contributed by atoms with van der Waals surface area (Å²) in [4.78, 5) is 12.6. The van der Waals surface area contributed by atoms with Crippen LogP contribution in [0, 0.1) is 0 Å². The van der Waals surface area contributed by atoms with Crippen molar-refractivity contribution in [3.05, 3.63) is 65.2 Å². The number of rotatable bonds is 6. The third-order valence-corrected chi connectivity index (χ3v) is 3.73. The zero-order valence-corrected chi connectivity index (χ0v) is 16.6. The third-order valence-electron chi connectivity index (χ3n) is 3.73. The van der Waals surface area contributed by atoms with Gasteiger partial charge in [0.15, 0.2) is 0 Å². The lowest BCUT2D eigenvalue weighted by molar-refractivity contribution is 0.00652. The van der Waals surface area contributed by atoms with Crippen LogP contribution in [0.3, 0.4) is 0 Å². The molecule has 5 heteroatoms. The Labute approximate surface area is 162 Å². The van der Waals surface area contributed by atoms with E-state index in [0.717, 1.165) is 17.5 Å². The SMILES string of the molecule is CCC(N)c1cccc(C(=O)OC(C)(C)C)c1OCc1ccccc1.Cl. The van der Waals surface area contributed by atoms with Crippen LogP contribution in [0.2, 0.25) is 0 Å². The minimum atomic E-state index is -0.573. The Morgan fingerprint density at radius 2 is 1.73 bits per heavy atom. The minimum Gasteiger partial charge on any atom is -0.488 e. The highest BCUT2D eigenvalue weighted by molar-refractivity contribution is 5.93. The highest BCUT2D eigenvalue weighted by atomic mass is 35.5. The average molecular weight is 378 g/mol. The quantitative estimate of drug-likeness (QED) is 0.715. The molecule has 0 aromatic heterocycles. The van der Waals surface area contributed by atoms with E-state index in [0.29, 0.717) is 17.9 Å². The number of benzene rings is 2. The van der Waals surface area contributed by atoms with Crippen molar-refractivity contribution in [2.24, 2.45) is 5.73 Å². The fourth-order valence-electron chi connectivity index (χ4n) is 2.45. The Balaban J connectivity index is 0.00000338. The normalized spacial score (nSPS) is 12.0. The molecule has 2 N–H and O–H groups in total. The van der Waals surface area contributed by atoms with Gasteiger partial charge in [-0.05, 0) is 38.8 Å². The first-order valence-corrected chi connectivity index (χ1v) is 8.60. The highest BCUT2D eigenvalue weighted by Gasteiger charge is 2.24. The van der Waals surface area contributed by atoms with Gasteiger partial charge in [-0.15, -0.1) is 12.4 Å². The second kappa shape index (κ2) is 9.60. The second-order valence-corrected chi connectivity index (χ2v) is 7.01. The van der Waals surface area contributed by atoms with Crippen molar-refractivity contribution in [2.45, 2.75) is 52.4 Å². The fourth-order valence-corrected chi connectivity index (χ4v) is 2.45. The molecule has 0 saturated heterocycles. The zero-order chi connectivity index (χ0) is 18.4. The maximum Gasteiger partial charge on any atom is 0.342 e. The maximum absolute atomic E-state index is 12.6. The van der Waals surface area contributed by atoms with Gasteiger partial charge in [-0.2, -0.15) is 0 Å². The van der Waals surface area contributed by atoms with Gasteiger partial charge in [0.25, 0.3) is 0 Å². The molecule has 1 unspecified atom stereocenters. The van der Waals surface area contributed by atoms with Crippen LogP contribution in [-0.2, 0) is 11.3 Å². The van der Waals surface area contributed by atoms with Crippen LogP contribution < -0.4 is 10.5 Å². The van der Waals surface area contributed by atoms with Crippen LogP contribution in [0.25, 0.3) is 0 Å². The van der Waals surface area contributed by atoms with Gasteiger partial charge < -0.3 is 15.2 Å². The third kappa shape index (κ3) is 6.04. The molecule has 0 bridgehead atoms. The second-order valence-electron chi connectivity index (χ2n) is 7.01. The van der Waals surface area contributed by atoms with Gasteiger partial charge in [0, 0.05) is 11.6 Å². The van der Waals surface area contributed by atoms with Crippen molar-refractivity contribution in [3.8, 4) is 5.75 Å². The molecule has 0 radical (unpaired) electrons. The Morgan fingerprint density at radius 3 is 2.31 bits per heavy atom. The van der Waals surface area contributed by atoms with Gasteiger partial charge in [0.05, 0.1) is 0 Å². The molecule has 0 aliphatic heterocycles. The van der Waals surface area contributed by atoms with E-state index < -0.39 is 11.6 Å². The van der Waals surface area contributed by atoms with Crippen LogP contribution in [-0.4, -0.2) is 11.6 Å². The van der Waals surface area contributed by atoms with Crippen LogP contribution in [0.5, 0.6) is 5.75 Å². The molecule has 0 fully saturated rings. The van der Waals surface area contributed by atoms with E-state index >= 15 is 0 Å². The first kappa shape index (κ1) is 22.0. The van der Waals surface area contributed by atoms with Crippen molar-refractivity contribution in [1.29, 1.82) is 0 Å². The summed E-state index contributed by atoms with van der Waals surface area (Å²) in [6, 6.07) is 15.1. The molecule has 2 aromatic rings. The first-order valence-electron chi connectivity index (χ1n) is 8.60. The van der Waals surface area contributed by atoms with E-state index in [1.54, 1.807) is 6.07 Å². The number of nitrogens with two attached hydrogens (primary N) is 1. The molecule has 0 saturated carbocycles. The molecule has 2 rings (SSSR count). The van der Waals surface area contributed by atoms with Gasteiger partial charge in [-0.25, -0.2) is 4.79 Å². The number of hydrogen-bond donors (Lipinski definition) is 1. The van der Waals surface area contributed by atoms with Gasteiger partial charge in [0.1, 0.15) is 23.5 Å². The number of carbonyl (C=O) groups is 1. The number of ether oxygens (including phenoxy) is 2. The summed E-state index contributed by atoms with van der Waals surface area (Å²) in [6.07, 6.45) is 0.749. The molecule has 142 valence electrons. The Hall–Kier alpha value is -2.04. The highest BCUT2D eigenvalue weighted by Crippen LogP contribution is 2.32. The van der Waals surface area contributed by atoms with Crippen molar-refractivity contribution in [1.82, 2.24) is 0 Å². The molecule has 4 nitrogen and oxygen atoms in total. The largest absolute Gasteiger partial charge is 0.488 e. The predicted molar refractivity (Wildman–Crippen MR) is 107 cm³/mol. The van der Waals surface area contributed by atoms with E-state index in [1.165, 1.54) is 0 Å². The van der Waals surface area contributed by atoms with Gasteiger partial charge in [-0.3, -0.25) is 0 Å². The van der Waals surface area contributed by atoms with Crippen LogP contribution in [0.1, 0.15) is 61.6 Å². The van der Waals surface area contributed by atoms with Crippen molar-refractivity contribution < 1.29 is 14.3 Å². The Morgan fingerprint density at radius 1 is 1.08 bits per heavy atom. The van der Waals surface area contributed by atoms with E-state index in [4.69, 9.17) is 15.2 Å². The molecule has 26 heavy (non-hydrogen) atoms. The first-order chi connectivity index (χ1) is 11.8. The molecule has 0 aliphatic carbocycles. The summed E-state index contributed by atoms with van der Waals surface area (Å²) in [6.45, 7) is 7.90. The molecular formula is C21H28ClNO3. The van der Waals surface area contributed by atoms with E-state index in [-0.39, 0.29) is 18.4 Å². The zero-order valence-electron chi connectivity index (χ0n) is 15.8. The number of para-hydroxylation sites is 1.